The summed E-state index contributed by atoms with van der Waals surface area (Å²) < 4.78 is 0. The number of Topliss-reactive ketones (excluding diaryl/α,β-unsaturated/α-hetero) is 1. The van der Waals surface area contributed by atoms with Crippen LogP contribution in [0.4, 0.5) is 0 Å². The molecule has 0 fully saturated rings. The van der Waals surface area contributed by atoms with Crippen molar-refractivity contribution in [3.63, 3.8) is 0 Å². The number of pyridine rings is 1. The van der Waals surface area contributed by atoms with Gasteiger partial charge in [-0.3, -0.25) is 19.4 Å². The van der Waals surface area contributed by atoms with Gasteiger partial charge in [-0.25, -0.2) is 0 Å². The Morgan fingerprint density at radius 3 is 2.58 bits per heavy atom. The van der Waals surface area contributed by atoms with Gasteiger partial charge in [-0.15, -0.1) is 0 Å². The van der Waals surface area contributed by atoms with E-state index in [4.69, 9.17) is 5.11 Å². The monoisotopic (exact) mass is 352 g/mol. The van der Waals surface area contributed by atoms with Gasteiger partial charge in [-0.05, 0) is 11.6 Å². The number of carboxylic acids is 1. The van der Waals surface area contributed by atoms with Gasteiger partial charge in [0.2, 0.25) is 0 Å². The number of carbonyl (C=O) groups is 3. The van der Waals surface area contributed by atoms with E-state index in [-0.39, 0.29) is 0 Å². The van der Waals surface area contributed by atoms with Crippen LogP contribution in [0.15, 0.2) is 48.2 Å². The van der Waals surface area contributed by atoms with E-state index in [1.54, 1.807) is 13.0 Å². The SMILES string of the molecule is CC1C(=O)C(C(=O)NCC(=O)O)=C(O)c2cc(-c3ccccc3)ncc21. The molecule has 7 nitrogen and oxygen atoms in total. The molecular formula is C19H16N2O5. The first-order valence-corrected chi connectivity index (χ1v) is 7.93. The highest BCUT2D eigenvalue weighted by Gasteiger charge is 2.36. The van der Waals surface area contributed by atoms with Gasteiger partial charge in [0.15, 0.2) is 5.78 Å². The predicted molar refractivity (Wildman–Crippen MR) is 93.3 cm³/mol. The van der Waals surface area contributed by atoms with Gasteiger partial charge in [-0.2, -0.15) is 0 Å². The number of aliphatic hydroxyl groups excluding tert-OH is 1. The minimum absolute atomic E-state index is 0.339. The van der Waals surface area contributed by atoms with Crippen LogP contribution in [-0.2, 0) is 14.4 Å². The summed E-state index contributed by atoms with van der Waals surface area (Å²) in [5.74, 6) is -3.88. The van der Waals surface area contributed by atoms with Crippen LogP contribution in [0, 0.1) is 0 Å². The molecule has 1 amide bonds. The van der Waals surface area contributed by atoms with Gasteiger partial charge >= 0.3 is 5.97 Å². The summed E-state index contributed by atoms with van der Waals surface area (Å²) in [6.45, 7) is 0.970. The minimum atomic E-state index is -1.24. The summed E-state index contributed by atoms with van der Waals surface area (Å²) >= 11 is 0. The van der Waals surface area contributed by atoms with Gasteiger partial charge in [-0.1, -0.05) is 37.3 Å². The number of amides is 1. The summed E-state index contributed by atoms with van der Waals surface area (Å²) in [6.07, 6.45) is 1.52. The molecule has 2 aromatic rings. The lowest BCUT2D eigenvalue weighted by atomic mass is 9.82. The third-order valence-corrected chi connectivity index (χ3v) is 4.23. The fourth-order valence-electron chi connectivity index (χ4n) is 2.86. The van der Waals surface area contributed by atoms with Crippen LogP contribution in [0.2, 0.25) is 0 Å². The van der Waals surface area contributed by atoms with E-state index < -0.39 is 41.5 Å². The Morgan fingerprint density at radius 2 is 1.92 bits per heavy atom. The number of ketones is 1. The molecule has 7 heteroatoms. The van der Waals surface area contributed by atoms with E-state index in [0.29, 0.717) is 16.8 Å². The standard InChI is InChI=1S/C19H16N2O5/c1-10-13-8-20-14(11-5-3-2-4-6-11)7-12(13)18(25)16(17(10)24)19(26)21-9-15(22)23/h2-8,10,25H,9H2,1H3,(H,21,26)(H,22,23). The zero-order chi connectivity index (χ0) is 18.8. The van der Waals surface area contributed by atoms with Crippen LogP contribution in [-0.4, -0.2) is 39.4 Å². The van der Waals surface area contributed by atoms with Crippen molar-refractivity contribution in [3.05, 3.63) is 59.3 Å². The average molecular weight is 352 g/mol. The molecule has 26 heavy (non-hydrogen) atoms. The molecule has 3 N–H and O–H groups in total. The number of hydrogen-bond acceptors (Lipinski definition) is 5. The average Bonchev–Trinajstić information content (AvgIpc) is 2.65. The van der Waals surface area contributed by atoms with E-state index in [1.165, 1.54) is 6.20 Å². The van der Waals surface area contributed by atoms with Crippen LogP contribution in [0.25, 0.3) is 17.0 Å². The van der Waals surface area contributed by atoms with Crippen molar-refractivity contribution in [2.75, 3.05) is 6.54 Å². The molecular weight excluding hydrogens is 336 g/mol. The molecule has 0 saturated carbocycles. The van der Waals surface area contributed by atoms with Gasteiger partial charge in [0.1, 0.15) is 17.9 Å². The van der Waals surface area contributed by atoms with Crippen LogP contribution >= 0.6 is 0 Å². The summed E-state index contributed by atoms with van der Waals surface area (Å²) in [4.78, 5) is 39.7. The van der Waals surface area contributed by atoms with E-state index in [9.17, 15) is 19.5 Å². The molecule has 0 radical (unpaired) electrons. The third-order valence-electron chi connectivity index (χ3n) is 4.23. The lowest BCUT2D eigenvalue weighted by Crippen LogP contribution is -2.36. The van der Waals surface area contributed by atoms with Crippen molar-refractivity contribution in [2.24, 2.45) is 0 Å². The topological polar surface area (TPSA) is 117 Å². The molecule has 0 aliphatic heterocycles. The van der Waals surface area contributed by atoms with Crippen LogP contribution in [0.1, 0.15) is 24.0 Å². The Kier molecular flexibility index (Phi) is 4.53. The van der Waals surface area contributed by atoms with Crippen molar-refractivity contribution in [2.45, 2.75) is 12.8 Å². The number of rotatable bonds is 4. The third kappa shape index (κ3) is 3.06. The summed E-state index contributed by atoms with van der Waals surface area (Å²) in [7, 11) is 0. The number of nitrogens with zero attached hydrogens (tertiary/aromatic N) is 1. The first-order valence-electron chi connectivity index (χ1n) is 7.93. The number of carboxylic acid groups (broad SMARTS) is 1. The molecule has 0 spiro atoms. The first-order chi connectivity index (χ1) is 12.4. The highest BCUT2D eigenvalue weighted by molar-refractivity contribution is 6.27. The smallest absolute Gasteiger partial charge is 0.322 e. The summed E-state index contributed by atoms with van der Waals surface area (Å²) in [5.41, 5.74) is 1.83. The maximum atomic E-state index is 12.5. The second-order valence-electron chi connectivity index (χ2n) is 5.91. The molecule has 1 aromatic carbocycles. The number of carbonyl (C=O) groups excluding carboxylic acids is 2. The summed E-state index contributed by atoms with van der Waals surface area (Å²) in [5, 5.41) is 21.3. The van der Waals surface area contributed by atoms with E-state index in [1.807, 2.05) is 30.3 Å². The fourth-order valence-corrected chi connectivity index (χ4v) is 2.86. The van der Waals surface area contributed by atoms with E-state index in [0.717, 1.165) is 5.56 Å². The highest BCUT2D eigenvalue weighted by Crippen LogP contribution is 2.36. The maximum absolute atomic E-state index is 12.5. The Labute approximate surface area is 149 Å². The molecule has 1 aliphatic rings. The number of fused-ring (bicyclic) bond motifs is 1. The van der Waals surface area contributed by atoms with Crippen molar-refractivity contribution in [1.29, 1.82) is 0 Å². The number of aliphatic hydroxyl groups is 1. The Morgan fingerprint density at radius 1 is 1.23 bits per heavy atom. The van der Waals surface area contributed by atoms with E-state index in [2.05, 4.69) is 10.3 Å². The second kappa shape index (κ2) is 6.79. The zero-order valence-electron chi connectivity index (χ0n) is 13.9. The number of benzene rings is 1. The number of nitrogens with one attached hydrogen (secondary N) is 1. The predicted octanol–water partition coefficient (Wildman–Crippen LogP) is 1.90. The molecule has 1 unspecified atom stereocenters. The van der Waals surface area contributed by atoms with Gasteiger partial charge in [0, 0.05) is 23.2 Å². The lowest BCUT2D eigenvalue weighted by Gasteiger charge is -2.23. The van der Waals surface area contributed by atoms with Gasteiger partial charge in [0.05, 0.1) is 5.69 Å². The Bertz CT molecular complexity index is 934. The highest BCUT2D eigenvalue weighted by atomic mass is 16.4. The quantitative estimate of drug-likeness (QED) is 0.724. The largest absolute Gasteiger partial charge is 0.506 e. The van der Waals surface area contributed by atoms with E-state index >= 15 is 0 Å². The molecule has 1 heterocycles. The number of aliphatic carboxylic acids is 1. The van der Waals surface area contributed by atoms with Crippen molar-refractivity contribution >= 4 is 23.4 Å². The molecule has 1 aromatic heterocycles. The molecule has 1 aliphatic carbocycles. The van der Waals surface area contributed by atoms with Crippen LogP contribution < -0.4 is 5.32 Å². The van der Waals surface area contributed by atoms with Crippen molar-refractivity contribution in [1.82, 2.24) is 10.3 Å². The van der Waals surface area contributed by atoms with Gasteiger partial charge < -0.3 is 15.5 Å². The maximum Gasteiger partial charge on any atom is 0.322 e. The molecule has 0 bridgehead atoms. The molecule has 3 rings (SSSR count). The van der Waals surface area contributed by atoms with Gasteiger partial charge in [0.25, 0.3) is 5.91 Å². The zero-order valence-corrected chi connectivity index (χ0v) is 13.9. The normalized spacial score (nSPS) is 16.2. The van der Waals surface area contributed by atoms with Crippen molar-refractivity contribution in [3.8, 4) is 11.3 Å². The summed E-state index contributed by atoms with van der Waals surface area (Å²) in [6, 6.07) is 10.9. The molecule has 132 valence electrons. The lowest BCUT2D eigenvalue weighted by molar-refractivity contribution is -0.137. The molecule has 1 atom stereocenters. The fraction of sp³-hybridized carbons (Fsp3) is 0.158. The van der Waals surface area contributed by atoms with Crippen molar-refractivity contribution < 1.29 is 24.6 Å². The minimum Gasteiger partial charge on any atom is -0.506 e. The van der Waals surface area contributed by atoms with Crippen LogP contribution in [0.5, 0.6) is 0 Å². The first kappa shape index (κ1) is 17.3. The van der Waals surface area contributed by atoms with Crippen LogP contribution in [0.3, 0.4) is 0 Å². The second-order valence-corrected chi connectivity index (χ2v) is 5.91. The Hall–Kier alpha value is -3.48. The number of aromatic nitrogens is 1. The molecule has 0 saturated heterocycles. The Balaban J connectivity index is 2.08. The number of hydrogen-bond donors (Lipinski definition) is 3.